The van der Waals surface area contributed by atoms with Gasteiger partial charge in [0, 0.05) is 0 Å². The van der Waals surface area contributed by atoms with E-state index in [4.69, 9.17) is 0 Å². The van der Waals surface area contributed by atoms with Gasteiger partial charge in [0.1, 0.15) is 0 Å². The molecule has 0 aromatic rings. The summed E-state index contributed by atoms with van der Waals surface area (Å²) in [6.07, 6.45) is 41.0. The fourth-order valence-corrected chi connectivity index (χ4v) is 7.49. The molecule has 0 amide bonds. The van der Waals surface area contributed by atoms with Crippen molar-refractivity contribution in [2.24, 2.45) is 59.2 Å². The van der Waals surface area contributed by atoms with Crippen molar-refractivity contribution in [3.8, 4) is 0 Å². The summed E-state index contributed by atoms with van der Waals surface area (Å²) in [4.78, 5) is 0. The van der Waals surface area contributed by atoms with Gasteiger partial charge in [-0.2, -0.15) is 0 Å². The van der Waals surface area contributed by atoms with Gasteiger partial charge in [0.05, 0.1) is 0 Å². The maximum absolute atomic E-state index is 2.52. The van der Waals surface area contributed by atoms with Crippen LogP contribution in [0.3, 0.4) is 0 Å². The fraction of sp³-hybridized carbons (Fsp3) is 0.375. The van der Waals surface area contributed by atoms with Crippen LogP contribution < -0.4 is 0 Å². The zero-order valence-corrected chi connectivity index (χ0v) is 23.4. The molecular formula is C32H42Zr. The number of fused-ring (bicyclic) bond motifs is 6. The third-order valence-corrected chi connectivity index (χ3v) is 8.59. The molecule has 0 saturated heterocycles. The molecule has 2 fully saturated rings. The molecule has 6 aliphatic carbocycles. The van der Waals surface area contributed by atoms with Gasteiger partial charge in [-0.1, -0.05) is 97.2 Å². The molecule has 0 spiro atoms. The minimum absolute atomic E-state index is 0. The first-order chi connectivity index (χ1) is 13.9. The summed E-state index contributed by atoms with van der Waals surface area (Å²) in [5, 5.41) is 0. The standard InChI is InChI=1S/C28H30.4CH3.Zr/c1-5-13-23-19(9-1)20-10-2-6-14-24(20)27(23)17-18-28-25-15-7-3-11-21(25)22-12-4-8-16-26(22)28;;;;;/h1-16,19-28H,17-18H2;4*1H3;/q;4*-1;+4. The van der Waals surface area contributed by atoms with E-state index in [0.29, 0.717) is 23.7 Å². The monoisotopic (exact) mass is 516 g/mol. The predicted octanol–water partition coefficient (Wildman–Crippen LogP) is 8.26. The second kappa shape index (κ2) is 12.5. The van der Waals surface area contributed by atoms with Crippen LogP contribution in [0.4, 0.5) is 0 Å². The Labute approximate surface area is 224 Å². The molecule has 0 heterocycles. The van der Waals surface area contributed by atoms with Crippen LogP contribution in [0.2, 0.25) is 0 Å². The molecule has 174 valence electrons. The summed E-state index contributed by atoms with van der Waals surface area (Å²) < 4.78 is 0. The average molecular weight is 518 g/mol. The summed E-state index contributed by atoms with van der Waals surface area (Å²) >= 11 is 0. The third-order valence-electron chi connectivity index (χ3n) is 8.59. The zero-order valence-electron chi connectivity index (χ0n) is 20.9. The van der Waals surface area contributed by atoms with Crippen LogP contribution in [0.15, 0.2) is 97.2 Å². The summed E-state index contributed by atoms with van der Waals surface area (Å²) in [6.45, 7) is 0. The summed E-state index contributed by atoms with van der Waals surface area (Å²) in [7, 11) is 0. The van der Waals surface area contributed by atoms with Crippen molar-refractivity contribution in [3.05, 3.63) is 127 Å². The number of hydrogen-bond donors (Lipinski definition) is 0. The number of allylic oxidation sites excluding steroid dienone is 16. The molecule has 0 aromatic heterocycles. The second-order valence-electron chi connectivity index (χ2n) is 9.60. The van der Waals surface area contributed by atoms with E-state index in [1.807, 2.05) is 0 Å². The number of rotatable bonds is 3. The van der Waals surface area contributed by atoms with Crippen molar-refractivity contribution in [1.29, 1.82) is 0 Å². The van der Waals surface area contributed by atoms with E-state index in [1.54, 1.807) is 0 Å². The molecule has 33 heavy (non-hydrogen) atoms. The van der Waals surface area contributed by atoms with E-state index in [1.165, 1.54) is 12.8 Å². The van der Waals surface area contributed by atoms with E-state index < -0.39 is 0 Å². The van der Waals surface area contributed by atoms with Crippen LogP contribution >= 0.6 is 0 Å². The predicted molar refractivity (Wildman–Crippen MR) is 143 cm³/mol. The van der Waals surface area contributed by atoms with E-state index in [0.717, 1.165) is 35.5 Å². The first kappa shape index (κ1) is 29.8. The largest absolute Gasteiger partial charge is 4.00 e. The normalized spacial score (nSPS) is 41.2. The Hall–Kier alpha value is -1.20. The van der Waals surface area contributed by atoms with Gasteiger partial charge in [-0.3, -0.25) is 0 Å². The molecule has 8 unspecified atom stereocenters. The van der Waals surface area contributed by atoms with Gasteiger partial charge in [0.15, 0.2) is 0 Å². The Bertz CT molecular complexity index is 723. The third kappa shape index (κ3) is 4.96. The van der Waals surface area contributed by atoms with Crippen molar-refractivity contribution in [1.82, 2.24) is 0 Å². The van der Waals surface area contributed by atoms with Crippen molar-refractivity contribution >= 4 is 0 Å². The van der Waals surface area contributed by atoms with Gasteiger partial charge in [0.2, 0.25) is 0 Å². The SMILES string of the molecule is C1=CC2C3C=CC=CC3C(CCC3C4C=CC=CC4C4C=CC=CC43)C2C=C1.[CH3-].[CH3-].[CH3-].[CH3-].[Zr+4]. The van der Waals surface area contributed by atoms with E-state index in [-0.39, 0.29) is 55.9 Å². The molecule has 0 nitrogen and oxygen atoms in total. The maximum atomic E-state index is 2.52. The van der Waals surface area contributed by atoms with Crippen LogP contribution in [0.25, 0.3) is 0 Å². The maximum Gasteiger partial charge on any atom is 4.00 e. The van der Waals surface area contributed by atoms with Gasteiger partial charge in [-0.15, -0.1) is 0 Å². The summed E-state index contributed by atoms with van der Waals surface area (Å²) in [6, 6.07) is 0. The van der Waals surface area contributed by atoms with Crippen molar-refractivity contribution < 1.29 is 26.2 Å². The molecule has 0 N–H and O–H groups in total. The quantitative estimate of drug-likeness (QED) is 0.331. The van der Waals surface area contributed by atoms with Crippen LogP contribution in [0.1, 0.15) is 12.8 Å². The Balaban J connectivity index is 0.00000109. The molecular weight excluding hydrogens is 476 g/mol. The van der Waals surface area contributed by atoms with Crippen molar-refractivity contribution in [3.63, 3.8) is 0 Å². The molecule has 1 heteroatoms. The summed E-state index contributed by atoms with van der Waals surface area (Å²) in [5.41, 5.74) is 0. The molecule has 0 aromatic carbocycles. The van der Waals surface area contributed by atoms with Crippen LogP contribution in [-0.4, -0.2) is 0 Å². The van der Waals surface area contributed by atoms with Crippen LogP contribution in [0, 0.1) is 88.9 Å². The Kier molecular flexibility index (Phi) is 11.3. The second-order valence-corrected chi connectivity index (χ2v) is 9.60. The first-order valence-electron chi connectivity index (χ1n) is 11.3. The van der Waals surface area contributed by atoms with E-state index >= 15 is 0 Å². The molecule has 0 bridgehead atoms. The van der Waals surface area contributed by atoms with Gasteiger partial charge < -0.3 is 29.7 Å². The smallest absolute Gasteiger partial charge is 0.358 e. The molecule has 2 saturated carbocycles. The van der Waals surface area contributed by atoms with Crippen LogP contribution in [-0.2, 0) is 26.2 Å². The van der Waals surface area contributed by atoms with E-state index in [2.05, 4.69) is 97.2 Å². The Morgan fingerprint density at radius 1 is 0.303 bits per heavy atom. The molecule has 6 aliphatic rings. The van der Waals surface area contributed by atoms with Crippen molar-refractivity contribution in [2.45, 2.75) is 12.8 Å². The topological polar surface area (TPSA) is 0 Å². The first-order valence-corrected chi connectivity index (χ1v) is 11.3. The molecule has 8 atom stereocenters. The zero-order chi connectivity index (χ0) is 18.5. The minimum Gasteiger partial charge on any atom is -0.358 e. The molecule has 0 radical (unpaired) electrons. The minimum atomic E-state index is 0. The van der Waals surface area contributed by atoms with Crippen molar-refractivity contribution in [2.75, 3.05) is 0 Å². The van der Waals surface area contributed by atoms with E-state index in [9.17, 15) is 0 Å². The van der Waals surface area contributed by atoms with Gasteiger partial charge in [-0.05, 0) is 72.0 Å². The average Bonchev–Trinajstić information content (AvgIpc) is 3.26. The van der Waals surface area contributed by atoms with Gasteiger partial charge in [-0.25, -0.2) is 0 Å². The molecule has 6 rings (SSSR count). The fourth-order valence-electron chi connectivity index (χ4n) is 7.49. The number of hydrogen-bond acceptors (Lipinski definition) is 0. The molecule has 0 aliphatic heterocycles. The van der Waals surface area contributed by atoms with Crippen LogP contribution in [0.5, 0.6) is 0 Å². The Morgan fingerprint density at radius 2 is 0.485 bits per heavy atom. The van der Waals surface area contributed by atoms with Gasteiger partial charge in [0.25, 0.3) is 0 Å². The van der Waals surface area contributed by atoms with Gasteiger partial charge >= 0.3 is 26.2 Å². The Morgan fingerprint density at radius 3 is 0.697 bits per heavy atom. The summed E-state index contributed by atoms with van der Waals surface area (Å²) in [5.74, 6) is 7.32.